The summed E-state index contributed by atoms with van der Waals surface area (Å²) in [6, 6.07) is 13.2. The van der Waals surface area contributed by atoms with E-state index in [-0.39, 0.29) is 0 Å². The summed E-state index contributed by atoms with van der Waals surface area (Å²) in [6.45, 7) is 7.16. The van der Waals surface area contributed by atoms with E-state index >= 15 is 0 Å². The number of morpholine rings is 1. The van der Waals surface area contributed by atoms with E-state index in [1.54, 1.807) is 11.3 Å². The van der Waals surface area contributed by atoms with Gasteiger partial charge in [0.2, 0.25) is 0 Å². The number of hydrogen-bond acceptors (Lipinski definition) is 4. The molecule has 0 unspecified atom stereocenters. The third kappa shape index (κ3) is 4.65. The number of rotatable bonds is 7. The molecule has 1 fully saturated rings. The van der Waals surface area contributed by atoms with E-state index in [4.69, 9.17) is 4.74 Å². The number of hydrogen-bond donors (Lipinski definition) is 1. The molecular weight excluding hydrogens is 292 g/mol. The summed E-state index contributed by atoms with van der Waals surface area (Å²) in [5.41, 5.74) is 2.66. The Morgan fingerprint density at radius 1 is 1.09 bits per heavy atom. The second-order valence-corrected chi connectivity index (χ2v) is 6.61. The van der Waals surface area contributed by atoms with Gasteiger partial charge in [-0.15, -0.1) is 11.3 Å². The Kier molecular flexibility index (Phi) is 6.02. The van der Waals surface area contributed by atoms with Crippen molar-refractivity contribution in [1.29, 1.82) is 0 Å². The minimum Gasteiger partial charge on any atom is -0.379 e. The fourth-order valence-electron chi connectivity index (χ4n) is 2.71. The van der Waals surface area contributed by atoms with Gasteiger partial charge < -0.3 is 10.1 Å². The van der Waals surface area contributed by atoms with Crippen LogP contribution in [-0.4, -0.2) is 44.3 Å². The van der Waals surface area contributed by atoms with Gasteiger partial charge in [-0.25, -0.2) is 0 Å². The number of nitrogens with one attached hydrogen (secondary N) is 1. The second-order valence-electron chi connectivity index (χ2n) is 5.66. The summed E-state index contributed by atoms with van der Waals surface area (Å²) in [5.74, 6) is 0. The highest BCUT2D eigenvalue weighted by molar-refractivity contribution is 7.13. The Morgan fingerprint density at radius 3 is 2.64 bits per heavy atom. The summed E-state index contributed by atoms with van der Waals surface area (Å²) in [5, 5.41) is 5.66. The molecule has 1 aliphatic rings. The molecule has 3 nitrogen and oxygen atoms in total. The van der Waals surface area contributed by atoms with E-state index in [0.717, 1.165) is 39.4 Å². The highest BCUT2D eigenvalue weighted by atomic mass is 32.1. The molecular formula is C18H24N2OS. The Balaban J connectivity index is 1.35. The summed E-state index contributed by atoms with van der Waals surface area (Å²) < 4.78 is 5.36. The van der Waals surface area contributed by atoms with Crippen LogP contribution in [0.5, 0.6) is 0 Å². The van der Waals surface area contributed by atoms with Gasteiger partial charge in [0.25, 0.3) is 0 Å². The molecule has 0 aliphatic carbocycles. The van der Waals surface area contributed by atoms with Crippen molar-refractivity contribution >= 4 is 11.3 Å². The molecule has 1 aliphatic heterocycles. The quantitative estimate of drug-likeness (QED) is 0.794. The van der Waals surface area contributed by atoms with Crippen molar-refractivity contribution in [3.8, 4) is 10.4 Å². The van der Waals surface area contributed by atoms with E-state index < -0.39 is 0 Å². The first-order valence-electron chi connectivity index (χ1n) is 8.05. The lowest BCUT2D eigenvalue weighted by Crippen LogP contribution is -2.37. The maximum atomic E-state index is 5.36. The van der Waals surface area contributed by atoms with Gasteiger partial charge in [0.1, 0.15) is 0 Å². The molecule has 1 aromatic carbocycles. The van der Waals surface area contributed by atoms with E-state index in [1.807, 2.05) is 0 Å². The number of thiophene rings is 1. The van der Waals surface area contributed by atoms with Crippen molar-refractivity contribution in [2.75, 3.05) is 39.4 Å². The van der Waals surface area contributed by atoms with Crippen LogP contribution in [0.3, 0.4) is 0 Å². The Hall–Kier alpha value is -1.20. The normalized spacial score (nSPS) is 16.0. The van der Waals surface area contributed by atoms with E-state index in [0.29, 0.717) is 0 Å². The topological polar surface area (TPSA) is 24.5 Å². The van der Waals surface area contributed by atoms with Gasteiger partial charge in [0.05, 0.1) is 13.2 Å². The molecule has 0 amide bonds. The first-order chi connectivity index (χ1) is 10.9. The number of benzene rings is 1. The molecule has 2 heterocycles. The van der Waals surface area contributed by atoms with Gasteiger partial charge in [0.15, 0.2) is 0 Å². The minimum absolute atomic E-state index is 0.893. The van der Waals surface area contributed by atoms with E-state index in [2.05, 4.69) is 52.0 Å². The maximum absolute atomic E-state index is 5.36. The zero-order valence-corrected chi connectivity index (χ0v) is 13.8. The zero-order valence-electron chi connectivity index (χ0n) is 13.0. The summed E-state index contributed by atoms with van der Waals surface area (Å²) in [4.78, 5) is 3.83. The van der Waals surface area contributed by atoms with Crippen LogP contribution in [0.15, 0.2) is 41.8 Å². The van der Waals surface area contributed by atoms with Crippen molar-refractivity contribution in [2.24, 2.45) is 0 Å². The van der Waals surface area contributed by atoms with E-state index in [1.165, 1.54) is 29.0 Å². The van der Waals surface area contributed by atoms with Gasteiger partial charge in [-0.2, -0.15) is 0 Å². The molecule has 2 aromatic rings. The van der Waals surface area contributed by atoms with Crippen LogP contribution in [0.4, 0.5) is 0 Å². The fourth-order valence-corrected chi connectivity index (χ4v) is 3.45. The van der Waals surface area contributed by atoms with Crippen molar-refractivity contribution in [2.45, 2.75) is 13.0 Å². The lowest BCUT2D eigenvalue weighted by molar-refractivity contribution is 0.0374. The second kappa shape index (κ2) is 8.44. The number of ether oxygens (including phenoxy) is 1. The van der Waals surface area contributed by atoms with Crippen LogP contribution < -0.4 is 5.32 Å². The van der Waals surface area contributed by atoms with Crippen molar-refractivity contribution in [1.82, 2.24) is 10.2 Å². The molecule has 0 spiro atoms. The molecule has 1 saturated heterocycles. The third-order valence-corrected chi connectivity index (χ3v) is 4.94. The van der Waals surface area contributed by atoms with Crippen LogP contribution in [-0.2, 0) is 11.3 Å². The molecule has 0 atom stereocenters. The lowest BCUT2D eigenvalue weighted by Gasteiger charge is -2.26. The monoisotopic (exact) mass is 316 g/mol. The van der Waals surface area contributed by atoms with Crippen LogP contribution in [0.25, 0.3) is 10.4 Å². The molecule has 118 valence electrons. The summed E-state index contributed by atoms with van der Waals surface area (Å²) in [6.07, 6.45) is 1.20. The van der Waals surface area contributed by atoms with Crippen molar-refractivity contribution in [3.63, 3.8) is 0 Å². The molecule has 1 aromatic heterocycles. The van der Waals surface area contributed by atoms with Gasteiger partial charge >= 0.3 is 0 Å². The van der Waals surface area contributed by atoms with Crippen molar-refractivity contribution < 1.29 is 4.74 Å². The van der Waals surface area contributed by atoms with Gasteiger partial charge in [-0.1, -0.05) is 30.3 Å². The third-order valence-electron chi connectivity index (χ3n) is 4.02. The highest BCUT2D eigenvalue weighted by Gasteiger charge is 2.08. The molecule has 3 rings (SSSR count). The fraction of sp³-hybridized carbons (Fsp3) is 0.444. The van der Waals surface area contributed by atoms with E-state index in [9.17, 15) is 0 Å². The van der Waals surface area contributed by atoms with Crippen LogP contribution in [0.2, 0.25) is 0 Å². The molecule has 1 N–H and O–H groups in total. The maximum Gasteiger partial charge on any atom is 0.0594 e. The lowest BCUT2D eigenvalue weighted by atomic mass is 10.1. The summed E-state index contributed by atoms with van der Waals surface area (Å²) in [7, 11) is 0. The average molecular weight is 316 g/mol. The standard InChI is InChI=1S/C18H24N2OS/c1-3-18(22-14-1)17-6-4-16(5-7-17)15-19-8-2-9-20-10-12-21-13-11-20/h1,3-7,14,19H,2,8-13,15H2. The first-order valence-corrected chi connectivity index (χ1v) is 8.93. The largest absolute Gasteiger partial charge is 0.379 e. The zero-order chi connectivity index (χ0) is 15.0. The minimum atomic E-state index is 0.893. The van der Waals surface area contributed by atoms with Crippen LogP contribution >= 0.6 is 11.3 Å². The van der Waals surface area contributed by atoms with Crippen molar-refractivity contribution in [3.05, 3.63) is 47.3 Å². The SMILES string of the molecule is c1csc(-c2ccc(CNCCCN3CCOCC3)cc2)c1. The predicted molar refractivity (Wildman–Crippen MR) is 93.3 cm³/mol. The Bertz CT molecular complexity index is 533. The Labute approximate surface area is 136 Å². The highest BCUT2D eigenvalue weighted by Crippen LogP contribution is 2.24. The Morgan fingerprint density at radius 2 is 1.91 bits per heavy atom. The molecule has 0 bridgehead atoms. The molecule has 4 heteroatoms. The molecule has 0 radical (unpaired) electrons. The summed E-state index contributed by atoms with van der Waals surface area (Å²) >= 11 is 1.79. The predicted octanol–water partition coefficient (Wildman–Crippen LogP) is 3.23. The average Bonchev–Trinajstić information content (AvgIpc) is 3.11. The van der Waals surface area contributed by atoms with Gasteiger partial charge in [-0.3, -0.25) is 4.90 Å². The molecule has 22 heavy (non-hydrogen) atoms. The first kappa shape index (κ1) is 15.7. The van der Waals surface area contributed by atoms with Gasteiger partial charge in [-0.05, 0) is 42.1 Å². The number of nitrogens with zero attached hydrogens (tertiary/aromatic N) is 1. The smallest absolute Gasteiger partial charge is 0.0594 e. The van der Waals surface area contributed by atoms with Crippen LogP contribution in [0, 0.1) is 0 Å². The van der Waals surface area contributed by atoms with Crippen LogP contribution in [0.1, 0.15) is 12.0 Å². The van der Waals surface area contributed by atoms with Gasteiger partial charge in [0, 0.05) is 24.5 Å². The molecule has 0 saturated carbocycles.